The van der Waals surface area contributed by atoms with Gasteiger partial charge in [-0.1, -0.05) is 73.7 Å². The molecule has 0 amide bonds. The van der Waals surface area contributed by atoms with Gasteiger partial charge < -0.3 is 10.0 Å². The molecule has 6 nitrogen and oxygen atoms in total. The van der Waals surface area contributed by atoms with E-state index < -0.39 is 5.97 Å². The van der Waals surface area contributed by atoms with Crippen LogP contribution in [0.15, 0.2) is 78.9 Å². The molecule has 6 bridgehead atoms. The molecule has 3 aliphatic heterocycles. The molecular weight excluding hydrogens is 484 g/mol. The number of allylic oxidation sites excluding steroid dienone is 4. The number of benzene rings is 2. The van der Waals surface area contributed by atoms with Gasteiger partial charge in [-0.3, -0.25) is 4.79 Å². The summed E-state index contributed by atoms with van der Waals surface area (Å²) < 4.78 is 1.87. The Balaban J connectivity index is 1.54. The van der Waals surface area contributed by atoms with Crippen LogP contribution in [0.4, 0.5) is 5.82 Å². The zero-order valence-corrected chi connectivity index (χ0v) is 22.6. The molecule has 4 aromatic rings. The number of piperidine rings is 1. The molecule has 1 saturated heterocycles. The number of carbonyl (C=O) groups is 1. The lowest BCUT2D eigenvalue weighted by Crippen LogP contribution is -2.39. The van der Waals surface area contributed by atoms with Crippen molar-refractivity contribution in [1.82, 2.24) is 14.6 Å². The van der Waals surface area contributed by atoms with Gasteiger partial charge in [0.2, 0.25) is 0 Å². The van der Waals surface area contributed by atoms with E-state index in [1.54, 1.807) is 0 Å². The number of carboxylic acid groups (broad SMARTS) is 1. The SMILES string of the molecule is Cc1nc2cc3nn2c(c1CC(=O)O)N1CCC(C)(/C=C/C=C\CCc2ccccc2-c2cccc-3c2)CC1. The first kappa shape index (κ1) is 25.1. The number of aryl methyl sites for hydroxylation is 2. The van der Waals surface area contributed by atoms with Crippen LogP contribution in [0.25, 0.3) is 28.0 Å². The van der Waals surface area contributed by atoms with Crippen LogP contribution in [0.1, 0.15) is 43.0 Å². The second kappa shape index (κ2) is 10.2. The van der Waals surface area contributed by atoms with Gasteiger partial charge in [-0.2, -0.15) is 9.61 Å². The van der Waals surface area contributed by atoms with Crippen LogP contribution in [0, 0.1) is 12.3 Å². The minimum absolute atomic E-state index is 0.0793. The van der Waals surface area contributed by atoms with E-state index in [0.29, 0.717) is 0 Å². The Morgan fingerprint density at radius 3 is 2.64 bits per heavy atom. The van der Waals surface area contributed by atoms with Crippen molar-refractivity contribution in [3.05, 3.63) is 95.7 Å². The summed E-state index contributed by atoms with van der Waals surface area (Å²) in [4.78, 5) is 19.0. The Hall–Kier alpha value is -4.19. The van der Waals surface area contributed by atoms with Gasteiger partial charge in [0.25, 0.3) is 0 Å². The fourth-order valence-corrected chi connectivity index (χ4v) is 5.92. The highest BCUT2D eigenvalue weighted by Crippen LogP contribution is 2.37. The lowest BCUT2D eigenvalue weighted by Gasteiger charge is -2.39. The average molecular weight is 519 g/mol. The highest BCUT2D eigenvalue weighted by atomic mass is 16.4. The smallest absolute Gasteiger partial charge is 0.308 e. The third kappa shape index (κ3) is 4.99. The van der Waals surface area contributed by atoms with Crippen molar-refractivity contribution in [2.75, 3.05) is 18.0 Å². The summed E-state index contributed by atoms with van der Waals surface area (Å²) >= 11 is 0. The quantitative estimate of drug-likeness (QED) is 0.321. The maximum Gasteiger partial charge on any atom is 0.308 e. The van der Waals surface area contributed by atoms with Gasteiger partial charge in [-0.25, -0.2) is 4.98 Å². The summed E-state index contributed by atoms with van der Waals surface area (Å²) in [5.74, 6) is -0.00201. The van der Waals surface area contributed by atoms with E-state index in [1.165, 1.54) is 11.1 Å². The molecule has 0 unspecified atom stereocenters. The van der Waals surface area contributed by atoms with Crippen LogP contribution < -0.4 is 4.90 Å². The normalized spacial score (nSPS) is 18.3. The lowest BCUT2D eigenvalue weighted by atomic mass is 9.80. The molecule has 6 heteroatoms. The third-order valence-electron chi connectivity index (χ3n) is 8.23. The minimum atomic E-state index is -0.860. The Kier molecular flexibility index (Phi) is 6.55. The molecule has 0 atom stereocenters. The van der Waals surface area contributed by atoms with Crippen LogP contribution in [0.5, 0.6) is 0 Å². The molecule has 0 radical (unpaired) electrons. The highest BCUT2D eigenvalue weighted by molar-refractivity contribution is 5.77. The number of fused-ring (bicyclic) bond motifs is 5. The van der Waals surface area contributed by atoms with E-state index in [1.807, 2.05) is 17.5 Å². The van der Waals surface area contributed by atoms with Gasteiger partial charge >= 0.3 is 5.97 Å². The summed E-state index contributed by atoms with van der Waals surface area (Å²) in [7, 11) is 0. The largest absolute Gasteiger partial charge is 0.481 e. The Morgan fingerprint density at radius 2 is 1.82 bits per heavy atom. The number of anilines is 1. The predicted octanol–water partition coefficient (Wildman–Crippen LogP) is 6.66. The lowest BCUT2D eigenvalue weighted by molar-refractivity contribution is -0.136. The molecule has 1 fully saturated rings. The zero-order valence-electron chi connectivity index (χ0n) is 22.6. The number of aromatic nitrogens is 3. The van der Waals surface area contributed by atoms with Crippen LogP contribution >= 0.6 is 0 Å². The number of hydrogen-bond acceptors (Lipinski definition) is 4. The minimum Gasteiger partial charge on any atom is -0.481 e. The van der Waals surface area contributed by atoms with Crippen LogP contribution in [0.3, 0.4) is 0 Å². The molecule has 0 saturated carbocycles. The van der Waals surface area contributed by atoms with E-state index in [2.05, 4.69) is 84.7 Å². The molecule has 1 N–H and O–H groups in total. The molecule has 0 spiro atoms. The van der Waals surface area contributed by atoms with Crippen molar-refractivity contribution in [2.24, 2.45) is 5.41 Å². The van der Waals surface area contributed by atoms with E-state index in [9.17, 15) is 9.90 Å². The average Bonchev–Trinajstić information content (AvgIpc) is 3.35. The number of nitrogens with zero attached hydrogens (tertiary/aromatic N) is 4. The van der Waals surface area contributed by atoms with Crippen LogP contribution in [-0.2, 0) is 17.6 Å². The van der Waals surface area contributed by atoms with Crippen molar-refractivity contribution in [3.8, 4) is 22.4 Å². The van der Waals surface area contributed by atoms with E-state index in [4.69, 9.17) is 10.1 Å². The van der Waals surface area contributed by atoms with Crippen molar-refractivity contribution in [2.45, 2.75) is 46.0 Å². The molecule has 5 heterocycles. The fourth-order valence-electron chi connectivity index (χ4n) is 5.92. The van der Waals surface area contributed by atoms with Gasteiger partial charge in [0.1, 0.15) is 5.82 Å². The predicted molar refractivity (Wildman–Crippen MR) is 156 cm³/mol. The zero-order chi connectivity index (χ0) is 27.0. The number of rotatable bonds is 2. The second-order valence-corrected chi connectivity index (χ2v) is 11.1. The Labute approximate surface area is 229 Å². The van der Waals surface area contributed by atoms with Gasteiger partial charge in [0.15, 0.2) is 5.65 Å². The first-order valence-corrected chi connectivity index (χ1v) is 13.8. The molecule has 7 rings (SSSR count). The van der Waals surface area contributed by atoms with E-state index in [0.717, 1.165) is 78.3 Å². The van der Waals surface area contributed by atoms with E-state index in [-0.39, 0.29) is 11.8 Å². The van der Waals surface area contributed by atoms with Crippen LogP contribution in [-0.4, -0.2) is 38.8 Å². The second-order valence-electron chi connectivity index (χ2n) is 11.1. The standard InChI is InChI=1S/C33H34N4O2/c1-23-28(21-31(38)39)32-36-18-16-33(2,17-19-36)15-8-4-3-5-10-24-11-6-7-14-27(24)25-12-9-13-26(20-25)29-22-30(34-23)37(32)35-29/h3-4,6-9,11-15,20,22H,5,10,16-19,21H2,1-2H3,(H,38,39)/b4-3-,15-8+. The molecule has 39 heavy (non-hydrogen) atoms. The molecule has 3 aliphatic rings. The van der Waals surface area contributed by atoms with Crippen LogP contribution in [0.2, 0.25) is 0 Å². The summed E-state index contributed by atoms with van der Waals surface area (Å²) in [6, 6.07) is 19.2. The summed E-state index contributed by atoms with van der Waals surface area (Å²) in [6.45, 7) is 5.89. The molecule has 2 aromatic carbocycles. The monoisotopic (exact) mass is 518 g/mol. The third-order valence-corrected chi connectivity index (χ3v) is 8.23. The van der Waals surface area contributed by atoms with Crippen molar-refractivity contribution < 1.29 is 9.90 Å². The van der Waals surface area contributed by atoms with Gasteiger partial charge in [0.05, 0.1) is 12.1 Å². The summed E-state index contributed by atoms with van der Waals surface area (Å²) in [5.41, 5.74) is 7.89. The maximum absolute atomic E-state index is 11.9. The Morgan fingerprint density at radius 1 is 1.03 bits per heavy atom. The van der Waals surface area contributed by atoms with Crippen molar-refractivity contribution >= 4 is 17.4 Å². The number of carboxylic acids is 1. The van der Waals surface area contributed by atoms with Gasteiger partial charge in [-0.15, -0.1) is 0 Å². The first-order valence-electron chi connectivity index (χ1n) is 13.8. The van der Waals surface area contributed by atoms with E-state index >= 15 is 0 Å². The molecule has 2 aromatic heterocycles. The Bertz CT molecular complexity index is 1610. The molecule has 198 valence electrons. The number of hydrogen-bond donors (Lipinski definition) is 1. The maximum atomic E-state index is 11.9. The summed E-state index contributed by atoms with van der Waals surface area (Å²) in [5, 5.41) is 14.8. The first-order chi connectivity index (χ1) is 18.9. The van der Waals surface area contributed by atoms with Gasteiger partial charge in [-0.05, 0) is 60.8 Å². The summed E-state index contributed by atoms with van der Waals surface area (Å²) in [6.07, 6.45) is 12.8. The topological polar surface area (TPSA) is 70.7 Å². The molecular formula is C33H34N4O2. The van der Waals surface area contributed by atoms with Crippen molar-refractivity contribution in [3.63, 3.8) is 0 Å². The fraction of sp³-hybridized carbons (Fsp3) is 0.303. The molecule has 0 aliphatic carbocycles. The number of aliphatic carboxylic acids is 1. The van der Waals surface area contributed by atoms with Gasteiger partial charge in [0, 0.05) is 36.0 Å². The van der Waals surface area contributed by atoms with Crippen molar-refractivity contribution in [1.29, 1.82) is 0 Å². The highest BCUT2D eigenvalue weighted by Gasteiger charge is 2.31.